The Morgan fingerprint density at radius 2 is 2.15 bits per heavy atom. The molecular formula is C14H16FNO3S. The van der Waals surface area contributed by atoms with Crippen molar-refractivity contribution in [3.8, 4) is 11.8 Å². The van der Waals surface area contributed by atoms with E-state index >= 15 is 0 Å². The van der Waals surface area contributed by atoms with Gasteiger partial charge in [0.25, 0.3) is 0 Å². The number of rotatable bonds is 3. The number of hydrogen-bond donors (Lipinski definition) is 0. The molecule has 0 amide bonds. The fourth-order valence-corrected chi connectivity index (χ4v) is 3.60. The molecule has 1 aromatic rings. The van der Waals surface area contributed by atoms with Gasteiger partial charge in [-0.15, -0.1) is 0 Å². The zero-order chi connectivity index (χ0) is 14.8. The van der Waals surface area contributed by atoms with Gasteiger partial charge in [0.15, 0.2) is 11.6 Å². The Balaban J connectivity index is 2.09. The highest BCUT2D eigenvalue weighted by molar-refractivity contribution is 7.91. The molecule has 0 saturated heterocycles. The summed E-state index contributed by atoms with van der Waals surface area (Å²) in [5.41, 5.74) is 0.229. The van der Waals surface area contributed by atoms with Crippen LogP contribution in [-0.4, -0.2) is 26.0 Å². The minimum Gasteiger partial charge on any atom is -0.487 e. The monoisotopic (exact) mass is 297 g/mol. The SMILES string of the molecule is CS(=O)(=O)C1CCCC(Oc2ccc(C#N)cc2F)C1. The fourth-order valence-electron chi connectivity index (χ4n) is 2.44. The van der Waals surface area contributed by atoms with E-state index in [-0.39, 0.29) is 17.4 Å². The molecule has 0 N–H and O–H groups in total. The number of halogens is 1. The standard InChI is InChI=1S/C14H16FNO3S/c1-20(17,18)12-4-2-3-11(8-12)19-14-6-5-10(9-16)7-13(14)15/h5-7,11-12H,2-4,8H2,1H3. The molecule has 2 rings (SSSR count). The molecule has 4 nitrogen and oxygen atoms in total. The lowest BCUT2D eigenvalue weighted by Crippen LogP contribution is -2.33. The maximum atomic E-state index is 13.7. The molecule has 1 aliphatic carbocycles. The smallest absolute Gasteiger partial charge is 0.166 e. The van der Waals surface area contributed by atoms with Gasteiger partial charge in [0.2, 0.25) is 0 Å². The second kappa shape index (κ2) is 5.80. The maximum Gasteiger partial charge on any atom is 0.166 e. The molecule has 0 radical (unpaired) electrons. The first-order valence-corrected chi connectivity index (χ1v) is 8.41. The van der Waals surface area contributed by atoms with Crippen LogP contribution in [0.3, 0.4) is 0 Å². The molecule has 0 aliphatic heterocycles. The van der Waals surface area contributed by atoms with Crippen LogP contribution in [-0.2, 0) is 9.84 Å². The Hall–Kier alpha value is -1.61. The summed E-state index contributed by atoms with van der Waals surface area (Å²) in [7, 11) is -3.09. The lowest BCUT2D eigenvalue weighted by molar-refractivity contribution is 0.150. The van der Waals surface area contributed by atoms with Gasteiger partial charge < -0.3 is 4.74 Å². The summed E-state index contributed by atoms with van der Waals surface area (Å²) in [6.07, 6.45) is 3.41. The molecular weight excluding hydrogens is 281 g/mol. The molecule has 108 valence electrons. The quantitative estimate of drug-likeness (QED) is 0.859. The molecule has 1 fully saturated rings. The second-order valence-corrected chi connectivity index (χ2v) is 7.44. The third-order valence-electron chi connectivity index (χ3n) is 3.54. The van der Waals surface area contributed by atoms with E-state index < -0.39 is 20.9 Å². The summed E-state index contributed by atoms with van der Waals surface area (Å²) in [5.74, 6) is -0.520. The van der Waals surface area contributed by atoms with E-state index in [1.54, 1.807) is 0 Å². The molecule has 0 bridgehead atoms. The highest BCUT2D eigenvalue weighted by atomic mass is 32.2. The number of hydrogen-bond acceptors (Lipinski definition) is 4. The first kappa shape index (κ1) is 14.8. The van der Waals surface area contributed by atoms with Crippen LogP contribution in [0.2, 0.25) is 0 Å². The number of benzene rings is 1. The van der Waals surface area contributed by atoms with Crippen LogP contribution < -0.4 is 4.74 Å². The van der Waals surface area contributed by atoms with E-state index in [4.69, 9.17) is 10.00 Å². The van der Waals surface area contributed by atoms with Crippen LogP contribution in [0.25, 0.3) is 0 Å². The molecule has 0 heterocycles. The largest absolute Gasteiger partial charge is 0.487 e. The molecule has 1 saturated carbocycles. The third-order valence-corrected chi connectivity index (χ3v) is 5.18. The van der Waals surface area contributed by atoms with Crippen LogP contribution in [0.15, 0.2) is 18.2 Å². The van der Waals surface area contributed by atoms with Gasteiger partial charge in [-0.2, -0.15) is 5.26 Å². The van der Waals surface area contributed by atoms with Crippen LogP contribution in [0.4, 0.5) is 4.39 Å². The molecule has 6 heteroatoms. The summed E-state index contributed by atoms with van der Waals surface area (Å²) in [5, 5.41) is 8.26. The van der Waals surface area contributed by atoms with Gasteiger partial charge in [-0.1, -0.05) is 0 Å². The van der Waals surface area contributed by atoms with Crippen molar-refractivity contribution in [2.75, 3.05) is 6.26 Å². The van der Waals surface area contributed by atoms with Crippen molar-refractivity contribution in [3.05, 3.63) is 29.6 Å². The lowest BCUT2D eigenvalue weighted by atomic mass is 9.97. The van der Waals surface area contributed by atoms with Crippen molar-refractivity contribution in [2.45, 2.75) is 37.0 Å². The Kier molecular flexibility index (Phi) is 4.29. The summed E-state index contributed by atoms with van der Waals surface area (Å²) in [6.45, 7) is 0. The summed E-state index contributed by atoms with van der Waals surface area (Å²) in [4.78, 5) is 0. The lowest BCUT2D eigenvalue weighted by Gasteiger charge is -2.28. The molecule has 2 atom stereocenters. The first-order chi connectivity index (χ1) is 9.40. The van der Waals surface area contributed by atoms with Gasteiger partial charge in [0.05, 0.1) is 16.9 Å². The van der Waals surface area contributed by atoms with E-state index in [1.165, 1.54) is 18.4 Å². The predicted molar refractivity (Wildman–Crippen MR) is 72.6 cm³/mol. The van der Waals surface area contributed by atoms with E-state index in [0.29, 0.717) is 19.3 Å². The number of sulfone groups is 1. The average molecular weight is 297 g/mol. The number of nitriles is 1. The topological polar surface area (TPSA) is 67.2 Å². The van der Waals surface area contributed by atoms with Crippen molar-refractivity contribution < 1.29 is 17.5 Å². The average Bonchev–Trinajstić information content (AvgIpc) is 2.40. The fraction of sp³-hybridized carbons (Fsp3) is 0.500. The Bertz CT molecular complexity index is 636. The zero-order valence-corrected chi connectivity index (χ0v) is 12.0. The molecule has 1 aliphatic rings. The van der Waals surface area contributed by atoms with Gasteiger partial charge in [-0.3, -0.25) is 0 Å². The van der Waals surface area contributed by atoms with Crippen LogP contribution in [0, 0.1) is 17.1 Å². The van der Waals surface area contributed by atoms with Crippen LogP contribution in [0.1, 0.15) is 31.2 Å². The van der Waals surface area contributed by atoms with Crippen molar-refractivity contribution in [1.82, 2.24) is 0 Å². The predicted octanol–water partition coefficient (Wildman–Crippen LogP) is 2.43. The molecule has 20 heavy (non-hydrogen) atoms. The van der Waals surface area contributed by atoms with E-state index in [9.17, 15) is 12.8 Å². The van der Waals surface area contributed by atoms with E-state index in [2.05, 4.69) is 0 Å². The number of nitrogens with zero attached hydrogens (tertiary/aromatic N) is 1. The summed E-state index contributed by atoms with van der Waals surface area (Å²) >= 11 is 0. The van der Waals surface area contributed by atoms with E-state index in [1.807, 2.05) is 6.07 Å². The highest BCUT2D eigenvalue weighted by Crippen LogP contribution is 2.28. The summed E-state index contributed by atoms with van der Waals surface area (Å²) in [6, 6.07) is 5.86. The minimum atomic E-state index is -3.09. The maximum absolute atomic E-state index is 13.7. The molecule has 1 aromatic carbocycles. The zero-order valence-electron chi connectivity index (χ0n) is 11.2. The summed E-state index contributed by atoms with van der Waals surface area (Å²) < 4.78 is 42.4. The second-order valence-electron chi connectivity index (χ2n) is 5.12. The molecule has 0 spiro atoms. The Morgan fingerprint density at radius 1 is 1.40 bits per heavy atom. The first-order valence-electron chi connectivity index (χ1n) is 6.45. The van der Waals surface area contributed by atoms with Gasteiger partial charge >= 0.3 is 0 Å². The minimum absolute atomic E-state index is 0.0724. The molecule has 2 unspecified atom stereocenters. The van der Waals surface area contributed by atoms with Gasteiger partial charge in [-0.25, -0.2) is 12.8 Å². The Morgan fingerprint density at radius 3 is 2.75 bits per heavy atom. The van der Waals surface area contributed by atoms with Gasteiger partial charge in [0.1, 0.15) is 15.9 Å². The van der Waals surface area contributed by atoms with Gasteiger partial charge in [-0.05, 0) is 37.5 Å². The van der Waals surface area contributed by atoms with Gasteiger partial charge in [0, 0.05) is 12.7 Å². The highest BCUT2D eigenvalue weighted by Gasteiger charge is 2.30. The van der Waals surface area contributed by atoms with Crippen LogP contribution >= 0.6 is 0 Å². The normalized spacial score (nSPS) is 23.1. The van der Waals surface area contributed by atoms with E-state index in [0.717, 1.165) is 12.5 Å². The molecule has 0 aromatic heterocycles. The Labute approximate surface area is 118 Å². The van der Waals surface area contributed by atoms with Crippen LogP contribution in [0.5, 0.6) is 5.75 Å². The third kappa shape index (κ3) is 3.48. The van der Waals surface area contributed by atoms with Crippen molar-refractivity contribution in [1.29, 1.82) is 5.26 Å². The number of ether oxygens (including phenoxy) is 1. The van der Waals surface area contributed by atoms with Crippen molar-refractivity contribution >= 4 is 9.84 Å². The van der Waals surface area contributed by atoms with Crippen molar-refractivity contribution in [3.63, 3.8) is 0 Å². The van der Waals surface area contributed by atoms with Crippen molar-refractivity contribution in [2.24, 2.45) is 0 Å².